The number of carbonyl (C=O) groups excluding carboxylic acids is 2. The number of carbonyl (C=O) groups is 2. The van der Waals surface area contributed by atoms with Gasteiger partial charge < -0.3 is 13.9 Å². The first-order chi connectivity index (χ1) is 10.6. The number of methoxy groups -OCH3 is 1. The molecule has 2 aromatic rings. The molecule has 1 N–H and O–H groups in total. The fraction of sp³-hybridized carbons (Fsp3) is 0.133. The number of nitrogens with zero attached hydrogens (tertiary/aromatic N) is 1. The first kappa shape index (κ1) is 15.3. The topological polar surface area (TPSA) is 90.1 Å². The number of rotatable bonds is 5. The Balaban J connectivity index is 2.14. The van der Waals surface area contributed by atoms with Gasteiger partial charge in [-0.25, -0.2) is 10.2 Å². The van der Waals surface area contributed by atoms with E-state index in [9.17, 15) is 9.59 Å². The first-order valence-electron chi connectivity index (χ1n) is 6.33. The molecule has 0 spiro atoms. The SMILES string of the molecule is COc1cc(/C=N\NC(C)=O)ccc1OC(=O)c1ccco1. The summed E-state index contributed by atoms with van der Waals surface area (Å²) in [5, 5.41) is 3.74. The van der Waals surface area contributed by atoms with Crippen LogP contribution in [0.15, 0.2) is 46.1 Å². The molecule has 7 nitrogen and oxygen atoms in total. The van der Waals surface area contributed by atoms with Gasteiger partial charge in [-0.1, -0.05) is 0 Å². The van der Waals surface area contributed by atoms with Crippen molar-refractivity contribution in [1.29, 1.82) is 0 Å². The summed E-state index contributed by atoms with van der Waals surface area (Å²) in [7, 11) is 1.45. The molecule has 7 heteroatoms. The Morgan fingerprint density at radius 1 is 1.27 bits per heavy atom. The molecule has 0 radical (unpaired) electrons. The van der Waals surface area contributed by atoms with Crippen molar-refractivity contribution in [3.63, 3.8) is 0 Å². The summed E-state index contributed by atoms with van der Waals surface area (Å²) in [6.07, 6.45) is 2.83. The Morgan fingerprint density at radius 2 is 2.09 bits per heavy atom. The standard InChI is InChI=1S/C15H14N2O5/c1-10(18)17-16-9-11-5-6-12(14(8-11)20-2)22-15(19)13-4-3-7-21-13/h3-9H,1-2H3,(H,17,18)/b16-9-. The van der Waals surface area contributed by atoms with E-state index in [0.717, 1.165) is 0 Å². The zero-order valence-electron chi connectivity index (χ0n) is 12.0. The maximum atomic E-state index is 11.8. The number of ether oxygens (including phenoxy) is 2. The second kappa shape index (κ2) is 7.07. The van der Waals surface area contributed by atoms with Crippen molar-refractivity contribution < 1.29 is 23.5 Å². The zero-order valence-corrected chi connectivity index (χ0v) is 12.0. The van der Waals surface area contributed by atoms with E-state index in [1.807, 2.05) is 0 Å². The van der Waals surface area contributed by atoms with Crippen LogP contribution in [-0.2, 0) is 4.79 Å². The lowest BCUT2D eigenvalue weighted by Gasteiger charge is -2.08. The van der Waals surface area contributed by atoms with Crippen LogP contribution in [0.25, 0.3) is 0 Å². The van der Waals surface area contributed by atoms with E-state index in [1.54, 1.807) is 24.3 Å². The number of esters is 1. The smallest absolute Gasteiger partial charge is 0.379 e. The van der Waals surface area contributed by atoms with E-state index in [-0.39, 0.29) is 17.4 Å². The summed E-state index contributed by atoms with van der Waals surface area (Å²) >= 11 is 0. The van der Waals surface area contributed by atoms with Crippen LogP contribution in [0.3, 0.4) is 0 Å². The molecule has 2 rings (SSSR count). The largest absolute Gasteiger partial charge is 0.493 e. The molecule has 0 aliphatic rings. The third-order valence-electron chi connectivity index (χ3n) is 2.55. The Hall–Kier alpha value is -3.09. The average molecular weight is 302 g/mol. The van der Waals surface area contributed by atoms with Gasteiger partial charge in [-0.15, -0.1) is 0 Å². The summed E-state index contributed by atoms with van der Waals surface area (Å²) in [6, 6.07) is 7.95. The molecule has 0 aliphatic heterocycles. The molecule has 0 fully saturated rings. The van der Waals surface area contributed by atoms with Gasteiger partial charge >= 0.3 is 5.97 Å². The van der Waals surface area contributed by atoms with Crippen LogP contribution in [0.1, 0.15) is 23.0 Å². The van der Waals surface area contributed by atoms with Crippen LogP contribution in [-0.4, -0.2) is 25.2 Å². The molecule has 1 heterocycles. The molecule has 0 atom stereocenters. The molecule has 0 aliphatic carbocycles. The van der Waals surface area contributed by atoms with E-state index in [2.05, 4.69) is 10.5 Å². The number of benzene rings is 1. The monoisotopic (exact) mass is 302 g/mol. The van der Waals surface area contributed by atoms with Gasteiger partial charge in [-0.3, -0.25) is 4.79 Å². The van der Waals surface area contributed by atoms with Gasteiger partial charge in [0.05, 0.1) is 19.6 Å². The average Bonchev–Trinajstić information content (AvgIpc) is 3.02. The highest BCUT2D eigenvalue weighted by Crippen LogP contribution is 2.28. The fourth-order valence-electron chi connectivity index (χ4n) is 1.59. The van der Waals surface area contributed by atoms with Crippen molar-refractivity contribution in [3.8, 4) is 11.5 Å². The predicted molar refractivity (Wildman–Crippen MR) is 78.1 cm³/mol. The van der Waals surface area contributed by atoms with Gasteiger partial charge in [0.2, 0.25) is 11.7 Å². The molecule has 1 aromatic heterocycles. The maximum absolute atomic E-state index is 11.8. The highest BCUT2D eigenvalue weighted by molar-refractivity contribution is 5.89. The molecule has 0 bridgehead atoms. The van der Waals surface area contributed by atoms with Crippen molar-refractivity contribution >= 4 is 18.1 Å². The normalized spacial score (nSPS) is 10.5. The molecule has 0 saturated carbocycles. The fourth-order valence-corrected chi connectivity index (χ4v) is 1.59. The van der Waals surface area contributed by atoms with Gasteiger partial charge in [0.25, 0.3) is 0 Å². The third kappa shape index (κ3) is 3.95. The predicted octanol–water partition coefficient (Wildman–Crippen LogP) is 1.98. The second-order valence-corrected chi connectivity index (χ2v) is 4.20. The van der Waals surface area contributed by atoms with Gasteiger partial charge in [-0.2, -0.15) is 5.10 Å². The van der Waals surface area contributed by atoms with E-state index in [0.29, 0.717) is 11.3 Å². The molecule has 114 valence electrons. The summed E-state index contributed by atoms with van der Waals surface area (Å²) < 4.78 is 15.3. The highest BCUT2D eigenvalue weighted by Gasteiger charge is 2.14. The van der Waals surface area contributed by atoms with E-state index in [1.165, 1.54) is 32.6 Å². The van der Waals surface area contributed by atoms with Gasteiger partial charge in [-0.05, 0) is 35.9 Å². The Morgan fingerprint density at radius 3 is 2.73 bits per heavy atom. The first-order valence-corrected chi connectivity index (χ1v) is 6.33. The minimum Gasteiger partial charge on any atom is -0.493 e. The Kier molecular flexibility index (Phi) is 4.92. The summed E-state index contributed by atoms with van der Waals surface area (Å²) in [5.41, 5.74) is 2.96. The van der Waals surface area contributed by atoms with Crippen molar-refractivity contribution in [3.05, 3.63) is 47.9 Å². The van der Waals surface area contributed by atoms with Crippen molar-refractivity contribution in [2.45, 2.75) is 6.92 Å². The second-order valence-electron chi connectivity index (χ2n) is 4.20. The number of hydrogen-bond donors (Lipinski definition) is 1. The van der Waals surface area contributed by atoms with E-state index in [4.69, 9.17) is 13.9 Å². The summed E-state index contributed by atoms with van der Waals surface area (Å²) in [4.78, 5) is 22.6. The lowest BCUT2D eigenvalue weighted by atomic mass is 10.2. The van der Waals surface area contributed by atoms with Crippen molar-refractivity contribution in [1.82, 2.24) is 5.43 Å². The minimum absolute atomic E-state index is 0.0957. The minimum atomic E-state index is -0.622. The van der Waals surface area contributed by atoms with Gasteiger partial charge in [0.1, 0.15) is 0 Å². The lowest BCUT2D eigenvalue weighted by molar-refractivity contribution is -0.118. The van der Waals surface area contributed by atoms with Crippen molar-refractivity contribution in [2.75, 3.05) is 7.11 Å². The summed E-state index contributed by atoms with van der Waals surface area (Å²) in [5.74, 6) is -0.194. The molecule has 22 heavy (non-hydrogen) atoms. The van der Waals surface area contributed by atoms with Crippen LogP contribution in [0.5, 0.6) is 11.5 Å². The van der Waals surface area contributed by atoms with Crippen LogP contribution in [0.4, 0.5) is 0 Å². The molecule has 0 saturated heterocycles. The maximum Gasteiger partial charge on any atom is 0.379 e. The lowest BCUT2D eigenvalue weighted by Crippen LogP contribution is -2.12. The Labute approximate surface area is 126 Å². The third-order valence-corrected chi connectivity index (χ3v) is 2.55. The summed E-state index contributed by atoms with van der Waals surface area (Å²) in [6.45, 7) is 1.36. The highest BCUT2D eigenvalue weighted by atomic mass is 16.6. The molecule has 1 aromatic carbocycles. The van der Waals surface area contributed by atoms with E-state index < -0.39 is 5.97 Å². The number of amides is 1. The van der Waals surface area contributed by atoms with E-state index >= 15 is 0 Å². The van der Waals surface area contributed by atoms with Crippen molar-refractivity contribution in [2.24, 2.45) is 5.10 Å². The van der Waals surface area contributed by atoms with Crippen LogP contribution < -0.4 is 14.9 Å². The quantitative estimate of drug-likeness (QED) is 0.395. The number of hydrogen-bond acceptors (Lipinski definition) is 6. The van der Waals surface area contributed by atoms with Crippen LogP contribution in [0.2, 0.25) is 0 Å². The van der Waals surface area contributed by atoms with Gasteiger partial charge in [0, 0.05) is 6.92 Å². The van der Waals surface area contributed by atoms with Gasteiger partial charge in [0.15, 0.2) is 11.5 Å². The zero-order chi connectivity index (χ0) is 15.9. The van der Waals surface area contributed by atoms with Crippen LogP contribution in [0, 0.1) is 0 Å². The number of hydrazone groups is 1. The molecule has 0 unspecified atom stereocenters. The molecular formula is C15H14N2O5. The Bertz CT molecular complexity index is 692. The number of nitrogens with one attached hydrogen (secondary N) is 1. The number of furan rings is 1. The van der Waals surface area contributed by atoms with Crippen LogP contribution >= 0.6 is 0 Å². The molecule has 1 amide bonds. The molecular weight excluding hydrogens is 288 g/mol.